The minimum absolute atomic E-state index is 0.0192. The van der Waals surface area contributed by atoms with E-state index in [1.165, 1.54) is 6.08 Å². The number of esters is 1. The molecule has 1 heterocycles. The van der Waals surface area contributed by atoms with Crippen LogP contribution in [-0.4, -0.2) is 65.3 Å². The Labute approximate surface area is 344 Å². The number of aromatic nitrogens is 1. The van der Waals surface area contributed by atoms with Gasteiger partial charge in [0.05, 0.1) is 24.6 Å². The molecule has 5 N–H and O–H groups in total. The zero-order valence-corrected chi connectivity index (χ0v) is 33.0. The number of amides is 3. The van der Waals surface area contributed by atoms with E-state index in [1.54, 1.807) is 6.08 Å². The minimum Gasteiger partial charge on any atom is -0.489 e. The number of benzene rings is 4. The van der Waals surface area contributed by atoms with Crippen molar-refractivity contribution in [2.45, 2.75) is 63.4 Å². The Hall–Kier alpha value is -6.66. The molecule has 0 spiro atoms. The molecular formula is C47H52N4O8. The molecule has 0 fully saturated rings. The van der Waals surface area contributed by atoms with Gasteiger partial charge in [0.15, 0.2) is 0 Å². The Balaban J connectivity index is 1.19. The average Bonchev–Trinajstić information content (AvgIpc) is 3.67. The first-order valence-electron chi connectivity index (χ1n) is 19.6. The largest absolute Gasteiger partial charge is 0.489 e. The van der Waals surface area contributed by atoms with Gasteiger partial charge < -0.3 is 40.3 Å². The quantitative estimate of drug-likeness (QED) is 0.0369. The SMILES string of the molecule is C=CCC(CC(=O)NC(CO)Cc1ccc(OCc2ccccc2)cc1)C(=O)NC(COC(=O)C(CC=C)NC(=O)OCc1ccccc1)Cc1c[nH]c2ccccc12. The number of nitrogens with one attached hydrogen (secondary N) is 4. The Kier molecular flexibility index (Phi) is 16.9. The van der Waals surface area contributed by atoms with E-state index in [2.05, 4.69) is 34.1 Å². The number of fused-ring (bicyclic) bond motifs is 1. The van der Waals surface area contributed by atoms with Crippen molar-refractivity contribution in [1.82, 2.24) is 20.9 Å². The molecule has 4 aromatic carbocycles. The monoisotopic (exact) mass is 800 g/mol. The summed E-state index contributed by atoms with van der Waals surface area (Å²) in [4.78, 5) is 56.4. The molecule has 5 aromatic rings. The smallest absolute Gasteiger partial charge is 0.408 e. The molecule has 0 saturated heterocycles. The van der Waals surface area contributed by atoms with Crippen LogP contribution in [0.15, 0.2) is 141 Å². The number of aliphatic hydroxyl groups excluding tert-OH is 1. The van der Waals surface area contributed by atoms with E-state index in [-0.39, 0.29) is 45.5 Å². The van der Waals surface area contributed by atoms with E-state index in [1.807, 2.05) is 115 Å². The summed E-state index contributed by atoms with van der Waals surface area (Å²) < 4.78 is 16.9. The van der Waals surface area contributed by atoms with Gasteiger partial charge in [-0.2, -0.15) is 0 Å². The van der Waals surface area contributed by atoms with Crippen LogP contribution in [0.5, 0.6) is 5.75 Å². The molecule has 0 radical (unpaired) electrons. The number of carbonyl (C=O) groups is 4. The topological polar surface area (TPSA) is 168 Å². The van der Waals surface area contributed by atoms with Gasteiger partial charge in [-0.25, -0.2) is 9.59 Å². The van der Waals surface area contributed by atoms with Crippen molar-refractivity contribution in [3.8, 4) is 5.75 Å². The molecule has 3 amide bonds. The zero-order chi connectivity index (χ0) is 41.8. The molecule has 4 unspecified atom stereocenters. The third-order valence-electron chi connectivity index (χ3n) is 9.60. The van der Waals surface area contributed by atoms with Crippen LogP contribution in [0, 0.1) is 5.92 Å². The van der Waals surface area contributed by atoms with Crippen molar-refractivity contribution in [2.24, 2.45) is 5.92 Å². The Morgan fingerprint density at radius 1 is 0.695 bits per heavy atom. The summed E-state index contributed by atoms with van der Waals surface area (Å²) in [5.74, 6) is -1.68. The van der Waals surface area contributed by atoms with Gasteiger partial charge in [-0.05, 0) is 66.1 Å². The molecule has 12 heteroatoms. The van der Waals surface area contributed by atoms with E-state index in [0.29, 0.717) is 18.8 Å². The van der Waals surface area contributed by atoms with Crippen LogP contribution in [0.2, 0.25) is 0 Å². The maximum Gasteiger partial charge on any atom is 0.408 e. The number of H-pyrrole nitrogens is 1. The number of alkyl carbamates (subject to hydrolysis) is 1. The fraction of sp³-hybridized carbons (Fsp3) is 0.277. The van der Waals surface area contributed by atoms with Crippen LogP contribution in [-0.2, 0) is 49.9 Å². The lowest BCUT2D eigenvalue weighted by atomic mass is 9.97. The number of aliphatic hydroxyl groups is 1. The van der Waals surface area contributed by atoms with Gasteiger partial charge in [0.1, 0.15) is 31.6 Å². The van der Waals surface area contributed by atoms with Crippen molar-refractivity contribution >= 4 is 34.8 Å². The van der Waals surface area contributed by atoms with Gasteiger partial charge >= 0.3 is 12.1 Å². The molecule has 0 aliphatic carbocycles. The number of hydrogen-bond donors (Lipinski definition) is 5. The maximum absolute atomic E-state index is 13.9. The van der Waals surface area contributed by atoms with Gasteiger partial charge in [-0.3, -0.25) is 9.59 Å². The van der Waals surface area contributed by atoms with Gasteiger partial charge in [0, 0.05) is 23.5 Å². The number of ether oxygens (including phenoxy) is 3. The van der Waals surface area contributed by atoms with Crippen LogP contribution < -0.4 is 20.7 Å². The molecule has 0 bridgehead atoms. The first-order valence-corrected chi connectivity index (χ1v) is 19.6. The molecular weight excluding hydrogens is 749 g/mol. The molecule has 0 aliphatic heterocycles. The summed E-state index contributed by atoms with van der Waals surface area (Å²) in [6, 6.07) is 31.8. The van der Waals surface area contributed by atoms with Crippen LogP contribution in [0.3, 0.4) is 0 Å². The highest BCUT2D eigenvalue weighted by Gasteiger charge is 2.28. The molecule has 12 nitrogen and oxygen atoms in total. The molecule has 4 atom stereocenters. The second kappa shape index (κ2) is 22.9. The molecule has 1 aromatic heterocycles. The average molecular weight is 801 g/mol. The highest BCUT2D eigenvalue weighted by Crippen LogP contribution is 2.21. The number of carbonyl (C=O) groups excluding carboxylic acids is 4. The lowest BCUT2D eigenvalue weighted by Crippen LogP contribution is -2.47. The minimum atomic E-state index is -1.08. The number of aromatic amines is 1. The Morgan fingerprint density at radius 3 is 2.03 bits per heavy atom. The van der Waals surface area contributed by atoms with Crippen LogP contribution >= 0.6 is 0 Å². The first-order chi connectivity index (χ1) is 28.7. The summed E-state index contributed by atoms with van der Waals surface area (Å²) in [5, 5.41) is 19.5. The predicted molar refractivity (Wildman–Crippen MR) is 226 cm³/mol. The first kappa shape index (κ1) is 43.5. The Bertz CT molecular complexity index is 2120. The number of rotatable bonds is 23. The Morgan fingerprint density at radius 2 is 1.36 bits per heavy atom. The highest BCUT2D eigenvalue weighted by atomic mass is 16.6. The molecule has 5 rings (SSSR count). The van der Waals surface area contributed by atoms with E-state index in [0.717, 1.165) is 33.2 Å². The third-order valence-corrected chi connectivity index (χ3v) is 9.60. The second-order valence-electron chi connectivity index (χ2n) is 14.2. The summed E-state index contributed by atoms with van der Waals surface area (Å²) in [6.45, 7) is 7.42. The second-order valence-corrected chi connectivity index (χ2v) is 14.2. The predicted octanol–water partition coefficient (Wildman–Crippen LogP) is 6.49. The summed E-state index contributed by atoms with van der Waals surface area (Å²) in [7, 11) is 0. The standard InChI is InChI=1S/C47H52N4O8/c1-3-13-36(27-44(53)49-38(29-52)25-33-21-23-40(24-22-33)57-30-34-15-7-5-8-16-34)45(54)50-39(26-37-28-48-42-20-12-11-19-41(37)42)32-58-46(55)43(14-4-2)51-47(56)59-31-35-17-9-6-10-18-35/h3-12,15-24,28,36,38-39,43,48,52H,1-2,13-14,25-27,29-32H2,(H,49,53)(H,50,54)(H,51,56). The van der Waals surface area contributed by atoms with Gasteiger partial charge in [0.2, 0.25) is 11.8 Å². The molecule has 308 valence electrons. The van der Waals surface area contributed by atoms with Crippen LogP contribution in [0.1, 0.15) is 41.5 Å². The number of para-hydroxylation sites is 1. The molecule has 0 aliphatic rings. The van der Waals surface area contributed by atoms with Crippen molar-refractivity contribution in [2.75, 3.05) is 13.2 Å². The lowest BCUT2D eigenvalue weighted by molar-refractivity contribution is -0.147. The summed E-state index contributed by atoms with van der Waals surface area (Å²) in [6.07, 6.45) is 4.86. The third kappa shape index (κ3) is 14.0. The van der Waals surface area contributed by atoms with Gasteiger partial charge in [-0.15, -0.1) is 13.2 Å². The van der Waals surface area contributed by atoms with E-state index < -0.39 is 47.9 Å². The zero-order valence-electron chi connectivity index (χ0n) is 33.0. The maximum atomic E-state index is 13.9. The van der Waals surface area contributed by atoms with Crippen molar-refractivity contribution in [3.63, 3.8) is 0 Å². The van der Waals surface area contributed by atoms with E-state index in [9.17, 15) is 24.3 Å². The van der Waals surface area contributed by atoms with Crippen LogP contribution in [0.25, 0.3) is 10.9 Å². The van der Waals surface area contributed by atoms with Crippen molar-refractivity contribution < 1.29 is 38.5 Å². The van der Waals surface area contributed by atoms with Crippen molar-refractivity contribution in [1.29, 1.82) is 0 Å². The summed E-state index contributed by atoms with van der Waals surface area (Å²) in [5.41, 5.74) is 4.51. The summed E-state index contributed by atoms with van der Waals surface area (Å²) >= 11 is 0. The van der Waals surface area contributed by atoms with E-state index >= 15 is 0 Å². The normalized spacial score (nSPS) is 12.9. The molecule has 0 saturated carbocycles. The van der Waals surface area contributed by atoms with Gasteiger partial charge in [-0.1, -0.05) is 103 Å². The number of allylic oxidation sites excluding steroid dienone is 1. The lowest BCUT2D eigenvalue weighted by Gasteiger charge is -2.24. The van der Waals surface area contributed by atoms with Gasteiger partial charge in [0.25, 0.3) is 0 Å². The van der Waals surface area contributed by atoms with E-state index in [4.69, 9.17) is 14.2 Å². The fourth-order valence-electron chi connectivity index (χ4n) is 6.51. The van der Waals surface area contributed by atoms with Crippen LogP contribution in [0.4, 0.5) is 4.79 Å². The van der Waals surface area contributed by atoms with Crippen molar-refractivity contribution in [3.05, 3.63) is 163 Å². The fourth-order valence-corrected chi connectivity index (χ4v) is 6.51. The molecule has 59 heavy (non-hydrogen) atoms. The number of hydrogen-bond acceptors (Lipinski definition) is 8. The highest BCUT2D eigenvalue weighted by molar-refractivity contribution is 5.87.